The molecule has 2 fully saturated rings. The number of hydrogen-bond acceptors (Lipinski definition) is 3. The van der Waals surface area contributed by atoms with Crippen molar-refractivity contribution < 1.29 is 23.0 Å². The number of hydrogen-bond donors (Lipinski definition) is 0. The molecule has 0 radical (unpaired) electrons. The van der Waals surface area contributed by atoms with Gasteiger partial charge in [-0.2, -0.15) is 4.39 Å². The van der Waals surface area contributed by atoms with Crippen LogP contribution in [0.15, 0.2) is 12.1 Å². The van der Waals surface area contributed by atoms with Gasteiger partial charge in [-0.25, -0.2) is 4.39 Å². The molecule has 0 N–H and O–H groups in total. The van der Waals surface area contributed by atoms with Gasteiger partial charge in [0, 0.05) is 12.2 Å². The third-order valence-electron chi connectivity index (χ3n) is 6.13. The molecule has 1 heterocycles. The first-order valence-electron chi connectivity index (χ1n) is 10.4. The lowest BCUT2D eigenvalue weighted by Crippen LogP contribution is -2.35. The van der Waals surface area contributed by atoms with Crippen molar-refractivity contribution in [2.45, 2.75) is 77.6 Å². The predicted octanol–water partition coefficient (Wildman–Crippen LogP) is 5.64. The molecule has 0 bridgehead atoms. The largest absolute Gasteiger partial charge is 0.491 e. The van der Waals surface area contributed by atoms with E-state index in [-0.39, 0.29) is 24.0 Å². The summed E-state index contributed by atoms with van der Waals surface area (Å²) in [5.74, 6) is -0.498. The number of rotatable bonds is 7. The summed E-state index contributed by atoms with van der Waals surface area (Å²) in [7, 11) is 0. The Morgan fingerprint density at radius 3 is 2.41 bits per heavy atom. The molecule has 1 aromatic carbocycles. The molecule has 2 aliphatic rings. The van der Waals surface area contributed by atoms with Gasteiger partial charge in [-0.3, -0.25) is 0 Å². The Morgan fingerprint density at radius 1 is 1.00 bits per heavy atom. The van der Waals surface area contributed by atoms with Crippen molar-refractivity contribution in [1.82, 2.24) is 0 Å². The molecular formula is C22H32F2O3. The normalized spacial score (nSPS) is 28.9. The third kappa shape index (κ3) is 5.20. The summed E-state index contributed by atoms with van der Waals surface area (Å²) >= 11 is 0. The van der Waals surface area contributed by atoms with Crippen LogP contribution in [0.25, 0.3) is 0 Å². The number of ether oxygens (including phenoxy) is 3. The van der Waals surface area contributed by atoms with Gasteiger partial charge in [0.15, 0.2) is 11.6 Å². The Balaban J connectivity index is 1.44. The minimum atomic E-state index is -0.929. The maximum absolute atomic E-state index is 14.2. The van der Waals surface area contributed by atoms with Crippen LogP contribution in [0, 0.1) is 23.5 Å². The molecule has 1 aliphatic heterocycles. The smallest absolute Gasteiger partial charge is 0.200 e. The second-order valence-corrected chi connectivity index (χ2v) is 7.86. The van der Waals surface area contributed by atoms with Crippen LogP contribution >= 0.6 is 0 Å². The van der Waals surface area contributed by atoms with E-state index in [9.17, 15) is 8.78 Å². The maximum Gasteiger partial charge on any atom is 0.200 e. The molecule has 3 nitrogen and oxygen atoms in total. The van der Waals surface area contributed by atoms with E-state index in [1.807, 2.05) is 0 Å². The van der Waals surface area contributed by atoms with Gasteiger partial charge in [0.1, 0.15) is 0 Å². The van der Waals surface area contributed by atoms with Crippen molar-refractivity contribution in [3.05, 3.63) is 29.3 Å². The lowest BCUT2D eigenvalue weighted by atomic mass is 9.80. The molecule has 0 amide bonds. The SMILES string of the molecule is CCOc1ccc(COC2CCC(C3CCC(CC)CO3)CC2)c(F)c1F. The van der Waals surface area contributed by atoms with Crippen LogP contribution in [0.5, 0.6) is 5.75 Å². The van der Waals surface area contributed by atoms with Crippen molar-refractivity contribution in [2.24, 2.45) is 11.8 Å². The van der Waals surface area contributed by atoms with Gasteiger partial charge in [-0.1, -0.05) is 13.3 Å². The van der Waals surface area contributed by atoms with Gasteiger partial charge < -0.3 is 14.2 Å². The van der Waals surface area contributed by atoms with Crippen molar-refractivity contribution in [1.29, 1.82) is 0 Å². The summed E-state index contributed by atoms with van der Waals surface area (Å²) in [5.41, 5.74) is 0.249. The molecule has 152 valence electrons. The van der Waals surface area contributed by atoms with Gasteiger partial charge in [-0.05, 0) is 69.4 Å². The van der Waals surface area contributed by atoms with Crippen LogP contribution in [-0.2, 0) is 16.1 Å². The fourth-order valence-corrected chi connectivity index (χ4v) is 4.30. The first-order chi connectivity index (χ1) is 13.1. The van der Waals surface area contributed by atoms with Crippen LogP contribution in [0.3, 0.4) is 0 Å². The number of benzene rings is 1. The van der Waals surface area contributed by atoms with E-state index in [1.54, 1.807) is 13.0 Å². The molecule has 0 aromatic heterocycles. The monoisotopic (exact) mass is 382 g/mol. The van der Waals surface area contributed by atoms with Gasteiger partial charge in [0.25, 0.3) is 0 Å². The van der Waals surface area contributed by atoms with Crippen LogP contribution in [-0.4, -0.2) is 25.4 Å². The van der Waals surface area contributed by atoms with E-state index < -0.39 is 11.6 Å². The topological polar surface area (TPSA) is 27.7 Å². The molecule has 3 rings (SSSR count). The van der Waals surface area contributed by atoms with E-state index in [4.69, 9.17) is 14.2 Å². The summed E-state index contributed by atoms with van der Waals surface area (Å²) in [6, 6.07) is 3.02. The highest BCUT2D eigenvalue weighted by Crippen LogP contribution is 2.35. The maximum atomic E-state index is 14.2. The van der Waals surface area contributed by atoms with Crippen molar-refractivity contribution in [3.63, 3.8) is 0 Å². The summed E-state index contributed by atoms with van der Waals surface area (Å²) < 4.78 is 45.2. The summed E-state index contributed by atoms with van der Waals surface area (Å²) in [6.07, 6.45) is 8.26. The molecule has 27 heavy (non-hydrogen) atoms. The summed E-state index contributed by atoms with van der Waals surface area (Å²) in [4.78, 5) is 0. The predicted molar refractivity (Wildman–Crippen MR) is 101 cm³/mol. The first kappa shape index (κ1) is 20.5. The van der Waals surface area contributed by atoms with Crippen LogP contribution < -0.4 is 4.74 Å². The highest BCUT2D eigenvalue weighted by molar-refractivity contribution is 5.30. The molecule has 1 aliphatic carbocycles. The van der Waals surface area contributed by atoms with Crippen LogP contribution in [0.1, 0.15) is 64.4 Å². The summed E-state index contributed by atoms with van der Waals surface area (Å²) in [5, 5.41) is 0. The lowest BCUT2D eigenvalue weighted by molar-refractivity contribution is -0.0719. The Morgan fingerprint density at radius 2 is 1.78 bits per heavy atom. The second kappa shape index (κ2) is 9.83. The summed E-state index contributed by atoms with van der Waals surface area (Å²) in [6.45, 7) is 5.28. The number of halogens is 2. The zero-order valence-corrected chi connectivity index (χ0v) is 16.5. The minimum Gasteiger partial charge on any atom is -0.491 e. The van der Waals surface area contributed by atoms with Gasteiger partial charge in [0.2, 0.25) is 5.82 Å². The highest BCUT2D eigenvalue weighted by atomic mass is 19.2. The van der Waals surface area contributed by atoms with E-state index in [0.29, 0.717) is 18.6 Å². The first-order valence-corrected chi connectivity index (χ1v) is 10.4. The minimum absolute atomic E-state index is 0.0444. The van der Waals surface area contributed by atoms with Gasteiger partial charge in [-0.15, -0.1) is 0 Å². The molecule has 2 unspecified atom stereocenters. The Hall–Kier alpha value is -1.20. The Kier molecular flexibility index (Phi) is 7.48. The molecule has 2 atom stereocenters. The average molecular weight is 382 g/mol. The average Bonchev–Trinajstić information content (AvgIpc) is 2.71. The molecule has 1 saturated carbocycles. The van der Waals surface area contributed by atoms with Gasteiger partial charge in [0.05, 0.1) is 25.4 Å². The molecule has 5 heteroatoms. The van der Waals surface area contributed by atoms with E-state index in [0.717, 1.165) is 38.2 Å². The van der Waals surface area contributed by atoms with Crippen LogP contribution in [0.2, 0.25) is 0 Å². The van der Waals surface area contributed by atoms with Crippen molar-refractivity contribution in [2.75, 3.05) is 13.2 Å². The van der Waals surface area contributed by atoms with E-state index in [1.165, 1.54) is 25.3 Å². The molecule has 1 aromatic rings. The fourth-order valence-electron chi connectivity index (χ4n) is 4.30. The quantitative estimate of drug-likeness (QED) is 0.610. The van der Waals surface area contributed by atoms with Gasteiger partial charge >= 0.3 is 0 Å². The van der Waals surface area contributed by atoms with E-state index >= 15 is 0 Å². The second-order valence-electron chi connectivity index (χ2n) is 7.86. The Labute approximate surface area is 161 Å². The fraction of sp³-hybridized carbons (Fsp3) is 0.727. The molecule has 1 saturated heterocycles. The standard InChI is InChI=1S/C22H32F2O3/c1-3-15-5-11-19(27-13-15)16-6-9-18(10-7-16)26-14-17-8-12-20(25-4-2)22(24)21(17)23/h8,12,15-16,18-19H,3-7,9-11,13-14H2,1-2H3. The molecular weight excluding hydrogens is 350 g/mol. The van der Waals surface area contributed by atoms with Crippen molar-refractivity contribution in [3.8, 4) is 5.75 Å². The zero-order chi connectivity index (χ0) is 19.2. The molecule has 0 spiro atoms. The van der Waals surface area contributed by atoms with Crippen molar-refractivity contribution >= 4 is 0 Å². The highest BCUT2D eigenvalue weighted by Gasteiger charge is 2.31. The van der Waals surface area contributed by atoms with Crippen LogP contribution in [0.4, 0.5) is 8.78 Å². The zero-order valence-electron chi connectivity index (χ0n) is 16.5. The lowest BCUT2D eigenvalue weighted by Gasteiger charge is -2.37. The Bertz CT molecular complexity index is 591. The van der Waals surface area contributed by atoms with E-state index in [2.05, 4.69) is 6.92 Å². The third-order valence-corrected chi connectivity index (χ3v) is 6.13.